The van der Waals surface area contributed by atoms with E-state index in [9.17, 15) is 14.9 Å². The molecule has 0 fully saturated rings. The molecule has 174 valence electrons. The third-order valence-electron chi connectivity index (χ3n) is 4.60. The highest BCUT2D eigenvalue weighted by Gasteiger charge is 2.16. The van der Waals surface area contributed by atoms with E-state index in [4.69, 9.17) is 18.9 Å². The van der Waals surface area contributed by atoms with Crippen LogP contribution in [0.2, 0.25) is 0 Å². The first-order chi connectivity index (χ1) is 15.7. The van der Waals surface area contributed by atoms with E-state index in [0.29, 0.717) is 11.3 Å². The minimum atomic E-state index is -0.712. The van der Waals surface area contributed by atoms with Crippen molar-refractivity contribution in [2.24, 2.45) is 0 Å². The van der Waals surface area contributed by atoms with Gasteiger partial charge in [0, 0.05) is 4.47 Å². The molecule has 0 saturated heterocycles. The van der Waals surface area contributed by atoms with Crippen LogP contribution in [0, 0.1) is 18.3 Å². The molecule has 2 aromatic rings. The summed E-state index contributed by atoms with van der Waals surface area (Å²) in [5.41, 5.74) is 2.33. The third kappa shape index (κ3) is 7.09. The average Bonchev–Trinajstić information content (AvgIpc) is 2.78. The van der Waals surface area contributed by atoms with E-state index in [1.165, 1.54) is 19.3 Å². The molecular formula is C25H26BrNO6. The van der Waals surface area contributed by atoms with Gasteiger partial charge in [-0.25, -0.2) is 9.59 Å². The summed E-state index contributed by atoms with van der Waals surface area (Å²) in [5.74, 6) is -0.0270. The van der Waals surface area contributed by atoms with Gasteiger partial charge in [0.05, 0.1) is 13.7 Å². The number of rotatable bonds is 9. The second kappa shape index (κ2) is 12.1. The highest BCUT2D eigenvalue weighted by atomic mass is 79.9. The smallest absolute Gasteiger partial charge is 0.349 e. The van der Waals surface area contributed by atoms with Crippen LogP contribution < -0.4 is 14.2 Å². The van der Waals surface area contributed by atoms with Gasteiger partial charge in [-0.1, -0.05) is 35.8 Å². The van der Waals surface area contributed by atoms with Gasteiger partial charge in [0.15, 0.2) is 18.1 Å². The second-order valence-electron chi connectivity index (χ2n) is 7.36. The number of nitriles is 1. The summed E-state index contributed by atoms with van der Waals surface area (Å²) >= 11 is 3.52. The van der Waals surface area contributed by atoms with Gasteiger partial charge in [-0.2, -0.15) is 5.26 Å². The molecule has 0 atom stereocenters. The van der Waals surface area contributed by atoms with Gasteiger partial charge in [-0.15, -0.1) is 0 Å². The third-order valence-corrected chi connectivity index (χ3v) is 5.45. The van der Waals surface area contributed by atoms with Crippen LogP contribution in [0.3, 0.4) is 0 Å². The van der Waals surface area contributed by atoms with E-state index in [1.54, 1.807) is 19.1 Å². The fraction of sp³-hybridized carbons (Fsp3) is 0.320. The van der Waals surface area contributed by atoms with Crippen LogP contribution in [0.15, 0.2) is 40.4 Å². The Morgan fingerprint density at radius 1 is 1.15 bits per heavy atom. The van der Waals surface area contributed by atoms with Crippen LogP contribution in [0.1, 0.15) is 43.4 Å². The molecule has 0 amide bonds. The van der Waals surface area contributed by atoms with Crippen LogP contribution in [-0.2, 0) is 14.3 Å². The van der Waals surface area contributed by atoms with Crippen molar-refractivity contribution >= 4 is 33.9 Å². The lowest BCUT2D eigenvalue weighted by Gasteiger charge is -2.16. The Morgan fingerprint density at radius 2 is 1.88 bits per heavy atom. The fourth-order valence-corrected chi connectivity index (χ4v) is 3.27. The molecule has 0 radical (unpaired) electrons. The maximum Gasteiger partial charge on any atom is 0.349 e. The Balaban J connectivity index is 2.15. The zero-order valence-electron chi connectivity index (χ0n) is 19.2. The van der Waals surface area contributed by atoms with E-state index in [1.807, 2.05) is 39.0 Å². The van der Waals surface area contributed by atoms with Crippen LogP contribution in [0.25, 0.3) is 6.08 Å². The fourth-order valence-electron chi connectivity index (χ4n) is 2.91. The van der Waals surface area contributed by atoms with Crippen molar-refractivity contribution in [2.45, 2.75) is 33.6 Å². The maximum absolute atomic E-state index is 12.4. The first-order valence-corrected chi connectivity index (χ1v) is 11.1. The van der Waals surface area contributed by atoms with Crippen LogP contribution in [0.5, 0.6) is 17.2 Å². The lowest BCUT2D eigenvalue weighted by molar-refractivity contribution is -0.138. The van der Waals surface area contributed by atoms with Crippen molar-refractivity contribution in [2.75, 3.05) is 20.3 Å². The van der Waals surface area contributed by atoms with E-state index in [-0.39, 0.29) is 36.2 Å². The lowest BCUT2D eigenvalue weighted by Crippen LogP contribution is -2.18. The van der Waals surface area contributed by atoms with Gasteiger partial charge in [-0.05, 0) is 66.8 Å². The summed E-state index contributed by atoms with van der Waals surface area (Å²) in [7, 11) is 1.42. The summed E-state index contributed by atoms with van der Waals surface area (Å²) < 4.78 is 22.3. The molecule has 0 bridgehead atoms. The van der Waals surface area contributed by atoms with Gasteiger partial charge in [0.1, 0.15) is 17.4 Å². The normalized spacial score (nSPS) is 11.0. The lowest BCUT2D eigenvalue weighted by atomic mass is 10.0. The average molecular weight is 516 g/mol. The van der Waals surface area contributed by atoms with Crippen LogP contribution >= 0.6 is 15.9 Å². The number of hydrogen-bond donors (Lipinski definition) is 0. The SMILES string of the molecule is CCOC(=O)/C(C#N)=C/c1ccc(OC(=O)COc2cc(C)c(Br)cc2C(C)C)c(OC)c1. The molecular weight excluding hydrogens is 490 g/mol. The summed E-state index contributed by atoms with van der Waals surface area (Å²) in [6.07, 6.45) is 1.37. The van der Waals surface area contributed by atoms with E-state index < -0.39 is 11.9 Å². The monoisotopic (exact) mass is 515 g/mol. The van der Waals surface area contributed by atoms with Crippen molar-refractivity contribution < 1.29 is 28.5 Å². The number of carbonyl (C=O) groups is 2. The maximum atomic E-state index is 12.4. The molecule has 0 aliphatic carbocycles. The van der Waals surface area contributed by atoms with Gasteiger partial charge in [-0.3, -0.25) is 0 Å². The Kier molecular flexibility index (Phi) is 9.49. The minimum absolute atomic E-state index is 0.150. The van der Waals surface area contributed by atoms with Crippen molar-refractivity contribution in [3.05, 3.63) is 57.1 Å². The van der Waals surface area contributed by atoms with E-state index in [2.05, 4.69) is 15.9 Å². The number of esters is 2. The highest BCUT2D eigenvalue weighted by molar-refractivity contribution is 9.10. The van der Waals surface area contributed by atoms with Crippen molar-refractivity contribution in [3.8, 4) is 23.3 Å². The molecule has 0 aliphatic rings. The second-order valence-corrected chi connectivity index (χ2v) is 8.21. The Labute approximate surface area is 202 Å². The van der Waals surface area contributed by atoms with Crippen molar-refractivity contribution in [3.63, 3.8) is 0 Å². The number of carbonyl (C=O) groups excluding carboxylic acids is 2. The topological polar surface area (TPSA) is 94.9 Å². The molecule has 0 unspecified atom stereocenters. The molecule has 7 nitrogen and oxygen atoms in total. The molecule has 2 rings (SSSR count). The predicted octanol–water partition coefficient (Wildman–Crippen LogP) is 5.34. The molecule has 8 heteroatoms. The molecule has 0 aliphatic heterocycles. The number of nitrogens with zero attached hydrogens (tertiary/aromatic N) is 1. The standard InChI is InChI=1S/C25H26BrNO6/c1-6-31-25(29)18(13-27)10-17-7-8-21(23(11-17)30-5)33-24(28)14-32-22-9-16(4)20(26)12-19(22)15(2)3/h7-12,15H,6,14H2,1-5H3/b18-10+. The van der Waals surface area contributed by atoms with E-state index >= 15 is 0 Å². The number of hydrogen-bond acceptors (Lipinski definition) is 7. The van der Waals surface area contributed by atoms with Gasteiger partial charge in [0.2, 0.25) is 0 Å². The number of benzene rings is 2. The molecule has 0 aromatic heterocycles. The summed E-state index contributed by atoms with van der Waals surface area (Å²) in [4.78, 5) is 24.2. The molecule has 2 aromatic carbocycles. The number of aryl methyl sites for hydroxylation is 1. The predicted molar refractivity (Wildman–Crippen MR) is 127 cm³/mol. The molecule has 0 spiro atoms. The first kappa shape index (κ1) is 25.9. The molecule has 33 heavy (non-hydrogen) atoms. The van der Waals surface area contributed by atoms with E-state index in [0.717, 1.165) is 15.6 Å². The summed E-state index contributed by atoms with van der Waals surface area (Å²) in [6.45, 7) is 7.57. The molecule has 0 heterocycles. The summed E-state index contributed by atoms with van der Waals surface area (Å²) in [6, 6.07) is 10.3. The largest absolute Gasteiger partial charge is 0.493 e. The zero-order chi connectivity index (χ0) is 24.5. The number of methoxy groups -OCH3 is 1. The Hall–Kier alpha value is -3.31. The van der Waals surface area contributed by atoms with Crippen molar-refractivity contribution in [1.82, 2.24) is 0 Å². The van der Waals surface area contributed by atoms with Gasteiger partial charge < -0.3 is 18.9 Å². The highest BCUT2D eigenvalue weighted by Crippen LogP contribution is 2.33. The van der Waals surface area contributed by atoms with Gasteiger partial charge in [0.25, 0.3) is 0 Å². The zero-order valence-corrected chi connectivity index (χ0v) is 20.8. The number of halogens is 1. The van der Waals surface area contributed by atoms with Crippen molar-refractivity contribution in [1.29, 1.82) is 5.26 Å². The summed E-state index contributed by atoms with van der Waals surface area (Å²) in [5, 5.41) is 9.19. The Morgan fingerprint density at radius 3 is 2.48 bits per heavy atom. The molecule has 0 N–H and O–H groups in total. The quantitative estimate of drug-likeness (QED) is 0.192. The first-order valence-electron chi connectivity index (χ1n) is 10.3. The molecule has 0 saturated carbocycles. The van der Waals surface area contributed by atoms with Crippen LogP contribution in [-0.4, -0.2) is 32.3 Å². The van der Waals surface area contributed by atoms with Gasteiger partial charge >= 0.3 is 11.9 Å². The Bertz CT molecular complexity index is 1100. The van der Waals surface area contributed by atoms with Crippen LogP contribution in [0.4, 0.5) is 0 Å². The number of ether oxygens (including phenoxy) is 4. The minimum Gasteiger partial charge on any atom is -0.493 e.